The van der Waals surface area contributed by atoms with Gasteiger partial charge in [-0.2, -0.15) is 4.31 Å². The van der Waals surface area contributed by atoms with Crippen LogP contribution in [0.1, 0.15) is 12.0 Å². The van der Waals surface area contributed by atoms with Gasteiger partial charge in [0.25, 0.3) is 0 Å². The second kappa shape index (κ2) is 5.06. The van der Waals surface area contributed by atoms with E-state index in [1.807, 2.05) is 6.07 Å². The standard InChI is InChI=1S/C13H17N3O3S/c17-13-9-16(7-6-15-13)20(18,19)11-3-4-12-10(8-11)2-1-5-14-12/h3-4,8,14H,1-2,5-7,9H2,(H,15,17). The molecule has 0 saturated carbocycles. The van der Waals surface area contributed by atoms with Crippen molar-refractivity contribution in [2.24, 2.45) is 0 Å². The van der Waals surface area contributed by atoms with Crippen LogP contribution in [0.4, 0.5) is 5.69 Å². The van der Waals surface area contributed by atoms with E-state index in [1.54, 1.807) is 12.1 Å². The maximum Gasteiger partial charge on any atom is 0.243 e. The van der Waals surface area contributed by atoms with Gasteiger partial charge in [0.05, 0.1) is 11.4 Å². The monoisotopic (exact) mass is 295 g/mol. The molecule has 0 bridgehead atoms. The Morgan fingerprint density at radius 2 is 2.00 bits per heavy atom. The van der Waals surface area contributed by atoms with Gasteiger partial charge in [0, 0.05) is 25.3 Å². The number of carbonyl (C=O) groups excluding carboxylic acids is 1. The van der Waals surface area contributed by atoms with Gasteiger partial charge in [-0.05, 0) is 36.6 Å². The number of rotatable bonds is 2. The van der Waals surface area contributed by atoms with E-state index < -0.39 is 10.0 Å². The molecule has 2 aliphatic heterocycles. The third kappa shape index (κ3) is 2.38. The summed E-state index contributed by atoms with van der Waals surface area (Å²) in [5, 5.41) is 5.89. The maximum absolute atomic E-state index is 12.5. The zero-order valence-electron chi connectivity index (χ0n) is 11.1. The lowest BCUT2D eigenvalue weighted by molar-refractivity contribution is -0.122. The number of piperazine rings is 1. The zero-order chi connectivity index (χ0) is 14.2. The van der Waals surface area contributed by atoms with Gasteiger partial charge < -0.3 is 10.6 Å². The van der Waals surface area contributed by atoms with Crippen molar-refractivity contribution in [3.05, 3.63) is 23.8 Å². The molecule has 1 fully saturated rings. The number of nitrogens with zero attached hydrogens (tertiary/aromatic N) is 1. The average molecular weight is 295 g/mol. The van der Waals surface area contributed by atoms with Gasteiger partial charge in [-0.15, -0.1) is 0 Å². The molecule has 2 aliphatic rings. The average Bonchev–Trinajstić information content (AvgIpc) is 2.46. The largest absolute Gasteiger partial charge is 0.385 e. The summed E-state index contributed by atoms with van der Waals surface area (Å²) in [5.41, 5.74) is 2.03. The number of fused-ring (bicyclic) bond motifs is 1. The van der Waals surface area contributed by atoms with E-state index in [1.165, 1.54) is 4.31 Å². The predicted octanol–water partition coefficient (Wildman–Crippen LogP) is 0.165. The number of carbonyl (C=O) groups is 1. The molecule has 2 N–H and O–H groups in total. The Labute approximate surface area is 118 Å². The van der Waals surface area contributed by atoms with Crippen LogP contribution >= 0.6 is 0 Å². The van der Waals surface area contributed by atoms with Gasteiger partial charge in [0.1, 0.15) is 0 Å². The summed E-state index contributed by atoms with van der Waals surface area (Å²) < 4.78 is 26.3. The fourth-order valence-electron chi connectivity index (χ4n) is 2.58. The van der Waals surface area contributed by atoms with Crippen LogP contribution in [0.3, 0.4) is 0 Å². The summed E-state index contributed by atoms with van der Waals surface area (Å²) in [6.45, 7) is 1.51. The normalized spacial score (nSPS) is 19.9. The summed E-state index contributed by atoms with van der Waals surface area (Å²) in [6.07, 6.45) is 1.88. The lowest BCUT2D eigenvalue weighted by Crippen LogP contribution is -2.49. The highest BCUT2D eigenvalue weighted by Crippen LogP contribution is 2.26. The second-order valence-corrected chi connectivity index (χ2v) is 6.98. The Morgan fingerprint density at radius 3 is 2.80 bits per heavy atom. The van der Waals surface area contributed by atoms with Crippen molar-refractivity contribution in [1.82, 2.24) is 9.62 Å². The van der Waals surface area contributed by atoms with Gasteiger partial charge in [0.2, 0.25) is 15.9 Å². The highest BCUT2D eigenvalue weighted by molar-refractivity contribution is 7.89. The fourth-order valence-corrected chi connectivity index (χ4v) is 4.03. The second-order valence-electron chi connectivity index (χ2n) is 5.04. The molecule has 20 heavy (non-hydrogen) atoms. The number of aryl methyl sites for hydroxylation is 1. The molecule has 3 rings (SSSR count). The third-order valence-electron chi connectivity index (χ3n) is 3.66. The first-order chi connectivity index (χ1) is 9.57. The summed E-state index contributed by atoms with van der Waals surface area (Å²) in [4.78, 5) is 11.6. The zero-order valence-corrected chi connectivity index (χ0v) is 11.9. The number of sulfonamides is 1. The summed E-state index contributed by atoms with van der Waals surface area (Å²) in [7, 11) is -3.58. The smallest absolute Gasteiger partial charge is 0.243 e. The minimum atomic E-state index is -3.58. The molecular formula is C13H17N3O3S. The maximum atomic E-state index is 12.5. The van der Waals surface area contributed by atoms with Gasteiger partial charge in [-0.1, -0.05) is 0 Å². The van der Waals surface area contributed by atoms with Gasteiger partial charge in [-0.25, -0.2) is 8.42 Å². The predicted molar refractivity (Wildman–Crippen MR) is 75.0 cm³/mol. The molecule has 0 atom stereocenters. The van der Waals surface area contributed by atoms with Crippen LogP contribution in [0, 0.1) is 0 Å². The molecule has 7 heteroatoms. The summed E-state index contributed by atoms with van der Waals surface area (Å²) in [6, 6.07) is 5.15. The SMILES string of the molecule is O=C1CN(S(=O)(=O)c2ccc3c(c2)CCCN3)CCN1. The van der Waals surface area contributed by atoms with E-state index >= 15 is 0 Å². The van der Waals surface area contributed by atoms with Crippen LogP contribution in [0.25, 0.3) is 0 Å². The molecule has 0 aromatic heterocycles. The molecule has 1 saturated heterocycles. The van der Waals surface area contributed by atoms with Crippen LogP contribution in [-0.4, -0.2) is 44.8 Å². The lowest BCUT2D eigenvalue weighted by atomic mass is 10.0. The van der Waals surface area contributed by atoms with Crippen molar-refractivity contribution in [1.29, 1.82) is 0 Å². The number of nitrogens with one attached hydrogen (secondary N) is 2. The van der Waals surface area contributed by atoms with Crippen LogP contribution in [0.5, 0.6) is 0 Å². The molecule has 6 nitrogen and oxygen atoms in total. The van der Waals surface area contributed by atoms with Gasteiger partial charge in [-0.3, -0.25) is 4.79 Å². The van der Waals surface area contributed by atoms with Crippen molar-refractivity contribution in [3.63, 3.8) is 0 Å². The van der Waals surface area contributed by atoms with E-state index in [9.17, 15) is 13.2 Å². The Morgan fingerprint density at radius 1 is 1.15 bits per heavy atom. The number of hydrogen-bond acceptors (Lipinski definition) is 4. The van der Waals surface area contributed by atoms with Crippen LogP contribution in [-0.2, 0) is 21.2 Å². The number of amides is 1. The molecule has 108 valence electrons. The van der Waals surface area contributed by atoms with Crippen LogP contribution in [0.2, 0.25) is 0 Å². The van der Waals surface area contributed by atoms with Crippen molar-refractivity contribution < 1.29 is 13.2 Å². The number of hydrogen-bond donors (Lipinski definition) is 2. The lowest BCUT2D eigenvalue weighted by Gasteiger charge is -2.26. The van der Waals surface area contributed by atoms with Crippen molar-refractivity contribution in [2.45, 2.75) is 17.7 Å². The van der Waals surface area contributed by atoms with E-state index in [0.29, 0.717) is 13.1 Å². The molecule has 0 unspecified atom stereocenters. The topological polar surface area (TPSA) is 78.5 Å². The van der Waals surface area contributed by atoms with Gasteiger partial charge in [0.15, 0.2) is 0 Å². The van der Waals surface area contributed by atoms with E-state index in [-0.39, 0.29) is 17.3 Å². The van der Waals surface area contributed by atoms with E-state index in [2.05, 4.69) is 10.6 Å². The molecule has 0 aliphatic carbocycles. The molecular weight excluding hydrogens is 278 g/mol. The Bertz CT molecular complexity index is 642. The van der Waals surface area contributed by atoms with Crippen LogP contribution in [0.15, 0.2) is 23.1 Å². The Kier molecular flexibility index (Phi) is 3.39. The molecule has 1 aromatic carbocycles. The fraction of sp³-hybridized carbons (Fsp3) is 0.462. The molecule has 1 aromatic rings. The highest BCUT2D eigenvalue weighted by atomic mass is 32.2. The summed E-state index contributed by atoms with van der Waals surface area (Å²) >= 11 is 0. The molecule has 2 heterocycles. The van der Waals surface area contributed by atoms with Crippen LogP contribution < -0.4 is 10.6 Å². The Hall–Kier alpha value is -1.60. The van der Waals surface area contributed by atoms with E-state index in [4.69, 9.17) is 0 Å². The highest BCUT2D eigenvalue weighted by Gasteiger charge is 2.29. The number of benzene rings is 1. The quantitative estimate of drug-likeness (QED) is 0.815. The van der Waals surface area contributed by atoms with Crippen molar-refractivity contribution in [2.75, 3.05) is 31.5 Å². The van der Waals surface area contributed by atoms with Gasteiger partial charge >= 0.3 is 0 Å². The first-order valence-electron chi connectivity index (χ1n) is 6.71. The Balaban J connectivity index is 1.92. The first kappa shape index (κ1) is 13.4. The van der Waals surface area contributed by atoms with E-state index in [0.717, 1.165) is 30.6 Å². The third-order valence-corrected chi connectivity index (χ3v) is 5.50. The van der Waals surface area contributed by atoms with Crippen molar-refractivity contribution in [3.8, 4) is 0 Å². The first-order valence-corrected chi connectivity index (χ1v) is 8.15. The molecule has 0 spiro atoms. The molecule has 1 amide bonds. The molecule has 0 radical (unpaired) electrons. The minimum absolute atomic E-state index is 0.0995. The minimum Gasteiger partial charge on any atom is -0.385 e. The number of anilines is 1. The van der Waals surface area contributed by atoms with Crippen molar-refractivity contribution >= 4 is 21.6 Å². The summed E-state index contributed by atoms with van der Waals surface area (Å²) in [5.74, 6) is -0.251.